The Morgan fingerprint density at radius 1 is 0.935 bits per heavy atom. The maximum Gasteiger partial charge on any atom is 0.338 e. The lowest BCUT2D eigenvalue weighted by atomic mass is 9.93. The number of ether oxygens (including phenoxy) is 1. The van der Waals surface area contributed by atoms with E-state index in [1.54, 1.807) is 37.3 Å². The van der Waals surface area contributed by atoms with Gasteiger partial charge >= 0.3 is 5.97 Å². The molecular weight excluding hydrogens is 604 g/mol. The highest BCUT2D eigenvalue weighted by atomic mass is 32.1. The van der Waals surface area contributed by atoms with Gasteiger partial charge < -0.3 is 9.30 Å². The van der Waals surface area contributed by atoms with Crippen LogP contribution in [-0.4, -0.2) is 21.7 Å². The van der Waals surface area contributed by atoms with Crippen LogP contribution in [-0.2, 0) is 16.1 Å². The molecule has 0 fully saturated rings. The fraction of sp³-hybridized carbons (Fsp3) is 0.108. The molecule has 9 heteroatoms. The van der Waals surface area contributed by atoms with Crippen LogP contribution in [0.1, 0.15) is 35.2 Å². The summed E-state index contributed by atoms with van der Waals surface area (Å²) >= 11 is 1.21. The average Bonchev–Trinajstić information content (AvgIpc) is 3.58. The molecule has 6 nitrogen and oxygen atoms in total. The van der Waals surface area contributed by atoms with Crippen molar-refractivity contribution in [3.8, 4) is 0 Å². The molecule has 228 valence electrons. The van der Waals surface area contributed by atoms with Crippen LogP contribution in [0.2, 0.25) is 0 Å². The van der Waals surface area contributed by atoms with E-state index in [0.717, 1.165) is 16.5 Å². The number of aromatic nitrogens is 2. The minimum Gasteiger partial charge on any atom is -0.463 e. The molecule has 2 aromatic heterocycles. The summed E-state index contributed by atoms with van der Waals surface area (Å²) in [5.74, 6) is -1.33. The number of carbonyl (C=O) groups is 1. The molecule has 0 unspecified atom stereocenters. The summed E-state index contributed by atoms with van der Waals surface area (Å²) in [5, 5.41) is 0.900. The Kier molecular flexibility index (Phi) is 7.76. The van der Waals surface area contributed by atoms with Crippen LogP contribution in [0.3, 0.4) is 0 Å². The van der Waals surface area contributed by atoms with E-state index in [1.807, 2.05) is 71.4 Å². The summed E-state index contributed by atoms with van der Waals surface area (Å²) in [6.45, 7) is 2.16. The normalized spacial score (nSPS) is 14.8. The van der Waals surface area contributed by atoms with Gasteiger partial charge in [-0.25, -0.2) is 18.6 Å². The summed E-state index contributed by atoms with van der Waals surface area (Å²) in [6.07, 6.45) is 3.72. The Morgan fingerprint density at radius 3 is 2.41 bits per heavy atom. The maximum absolute atomic E-state index is 14.6. The fourth-order valence-electron chi connectivity index (χ4n) is 5.87. The maximum atomic E-state index is 14.6. The summed E-state index contributed by atoms with van der Waals surface area (Å²) in [4.78, 5) is 33.2. The van der Waals surface area contributed by atoms with Gasteiger partial charge in [0, 0.05) is 33.8 Å². The Hall–Kier alpha value is -5.41. The Morgan fingerprint density at radius 2 is 1.65 bits per heavy atom. The number of rotatable bonds is 7. The van der Waals surface area contributed by atoms with E-state index in [0.29, 0.717) is 38.3 Å². The van der Waals surface area contributed by atoms with Crippen LogP contribution in [0.25, 0.3) is 22.7 Å². The van der Waals surface area contributed by atoms with Crippen LogP contribution in [0.4, 0.5) is 8.78 Å². The molecule has 0 amide bonds. The van der Waals surface area contributed by atoms with Crippen molar-refractivity contribution >= 4 is 40.0 Å². The lowest BCUT2D eigenvalue weighted by Gasteiger charge is -2.25. The van der Waals surface area contributed by atoms with Crippen LogP contribution >= 0.6 is 11.3 Å². The third-order valence-electron chi connectivity index (χ3n) is 7.96. The standard InChI is InChI=1S/C37H27F2N3O3S/c1-2-45-36(44)32-33(23-10-4-3-5-11-23)40-37-42(34(32)24-16-18-27(38)19-17-24)35(43)31(46-37)20-26-22-41(30-15-9-7-13-28(26)30)21-25-12-6-8-14-29(25)39/h3-20,22,34H,2,21H2,1H3/b31-20-/t34-/m0/s1. The van der Waals surface area contributed by atoms with E-state index in [4.69, 9.17) is 9.73 Å². The van der Waals surface area contributed by atoms with E-state index < -0.39 is 17.8 Å². The zero-order valence-electron chi connectivity index (χ0n) is 24.7. The zero-order chi connectivity index (χ0) is 31.8. The molecule has 1 aliphatic heterocycles. The van der Waals surface area contributed by atoms with Gasteiger partial charge in [-0.3, -0.25) is 9.36 Å². The van der Waals surface area contributed by atoms with Crippen LogP contribution in [0, 0.1) is 11.6 Å². The molecule has 1 aliphatic rings. The highest BCUT2D eigenvalue weighted by Crippen LogP contribution is 2.35. The lowest BCUT2D eigenvalue weighted by molar-refractivity contribution is -0.138. The van der Waals surface area contributed by atoms with Crippen LogP contribution < -0.4 is 14.9 Å². The molecule has 46 heavy (non-hydrogen) atoms. The minimum atomic E-state index is -0.907. The van der Waals surface area contributed by atoms with Crippen molar-refractivity contribution in [3.63, 3.8) is 0 Å². The van der Waals surface area contributed by atoms with Gasteiger partial charge in [0.25, 0.3) is 5.56 Å². The first-order chi connectivity index (χ1) is 22.4. The first kappa shape index (κ1) is 29.3. The SMILES string of the molecule is CCOC(=O)C1=C(c2ccccc2)N=c2s/c(=C\c3cn(Cc4ccccc4F)c4ccccc34)c(=O)n2[C@H]1c1ccc(F)cc1. The third kappa shape index (κ3) is 5.28. The van der Waals surface area contributed by atoms with Crippen molar-refractivity contribution < 1.29 is 18.3 Å². The molecule has 0 radical (unpaired) electrons. The van der Waals surface area contributed by atoms with Gasteiger partial charge in [-0.05, 0) is 42.8 Å². The predicted octanol–water partition coefficient (Wildman–Crippen LogP) is 6.22. The van der Waals surface area contributed by atoms with E-state index in [-0.39, 0.29) is 23.6 Å². The first-order valence-electron chi connectivity index (χ1n) is 14.8. The molecule has 0 bridgehead atoms. The van der Waals surface area contributed by atoms with Crippen molar-refractivity contribution in [1.82, 2.24) is 9.13 Å². The number of fused-ring (bicyclic) bond motifs is 2. The van der Waals surface area contributed by atoms with Gasteiger partial charge in [-0.15, -0.1) is 0 Å². The largest absolute Gasteiger partial charge is 0.463 e. The van der Waals surface area contributed by atoms with Crippen molar-refractivity contribution in [2.75, 3.05) is 6.61 Å². The molecule has 4 aromatic carbocycles. The zero-order valence-corrected chi connectivity index (χ0v) is 25.5. The Labute approximate surface area is 266 Å². The van der Waals surface area contributed by atoms with Crippen molar-refractivity contribution in [1.29, 1.82) is 0 Å². The van der Waals surface area contributed by atoms with E-state index in [2.05, 4.69) is 0 Å². The molecule has 0 saturated heterocycles. The van der Waals surface area contributed by atoms with Crippen LogP contribution in [0.15, 0.2) is 125 Å². The third-order valence-corrected chi connectivity index (χ3v) is 8.95. The monoisotopic (exact) mass is 631 g/mol. The Balaban J connectivity index is 1.45. The van der Waals surface area contributed by atoms with Crippen molar-refractivity contribution in [2.45, 2.75) is 19.5 Å². The first-order valence-corrected chi connectivity index (χ1v) is 15.6. The summed E-state index contributed by atoms with van der Waals surface area (Å²) in [5.41, 5.74) is 3.69. The molecule has 0 spiro atoms. The molecule has 1 atom stereocenters. The second-order valence-electron chi connectivity index (χ2n) is 10.8. The summed E-state index contributed by atoms with van der Waals surface area (Å²) < 4.78 is 38.0. The van der Waals surface area contributed by atoms with Gasteiger partial charge in [-0.1, -0.05) is 90.2 Å². The number of hydrogen-bond acceptors (Lipinski definition) is 5. The quantitative estimate of drug-likeness (QED) is 0.197. The Bertz CT molecular complexity index is 2320. The summed E-state index contributed by atoms with van der Waals surface area (Å²) in [7, 11) is 0. The van der Waals surface area contributed by atoms with Crippen molar-refractivity contribution in [2.24, 2.45) is 4.99 Å². The second-order valence-corrected chi connectivity index (χ2v) is 11.8. The molecule has 3 heterocycles. The number of thiazole rings is 1. The van der Waals surface area contributed by atoms with Gasteiger partial charge in [-0.2, -0.15) is 0 Å². The number of carbonyl (C=O) groups excluding carboxylic acids is 1. The fourth-order valence-corrected chi connectivity index (χ4v) is 6.87. The van der Waals surface area contributed by atoms with Gasteiger partial charge in [0.1, 0.15) is 11.6 Å². The molecule has 6 aromatic rings. The summed E-state index contributed by atoms with van der Waals surface area (Å²) in [6, 6.07) is 28.5. The lowest BCUT2D eigenvalue weighted by Crippen LogP contribution is -2.40. The molecule has 7 rings (SSSR count). The predicted molar refractivity (Wildman–Crippen MR) is 175 cm³/mol. The van der Waals surface area contributed by atoms with Gasteiger partial charge in [0.2, 0.25) is 0 Å². The number of benzene rings is 4. The number of halogens is 2. The molecule has 0 N–H and O–H groups in total. The van der Waals surface area contributed by atoms with Crippen molar-refractivity contribution in [3.05, 3.63) is 168 Å². The van der Waals surface area contributed by atoms with E-state index in [9.17, 15) is 18.4 Å². The average molecular weight is 632 g/mol. The number of esters is 1. The number of hydrogen-bond donors (Lipinski definition) is 0. The highest BCUT2D eigenvalue weighted by Gasteiger charge is 2.35. The minimum absolute atomic E-state index is 0.127. The number of nitrogens with zero attached hydrogens (tertiary/aromatic N) is 3. The van der Waals surface area contributed by atoms with Crippen LogP contribution in [0.5, 0.6) is 0 Å². The van der Waals surface area contributed by atoms with Gasteiger partial charge in [0.05, 0.1) is 35.0 Å². The van der Waals surface area contributed by atoms with E-state index in [1.165, 1.54) is 34.1 Å². The molecule has 0 aliphatic carbocycles. The van der Waals surface area contributed by atoms with E-state index >= 15 is 0 Å². The topological polar surface area (TPSA) is 65.6 Å². The number of para-hydroxylation sites is 1. The second kappa shape index (κ2) is 12.2. The smallest absolute Gasteiger partial charge is 0.338 e. The molecular formula is C37H27F2N3O3S. The highest BCUT2D eigenvalue weighted by molar-refractivity contribution is 7.07. The van der Waals surface area contributed by atoms with Gasteiger partial charge in [0.15, 0.2) is 4.80 Å². The molecule has 0 saturated carbocycles.